The van der Waals surface area contributed by atoms with Crippen molar-refractivity contribution in [2.45, 2.75) is 25.8 Å². The zero-order valence-corrected chi connectivity index (χ0v) is 17.1. The van der Waals surface area contributed by atoms with Gasteiger partial charge in [-0.3, -0.25) is 9.59 Å². The highest BCUT2D eigenvalue weighted by Gasteiger charge is 2.35. The molecule has 1 N–H and O–H groups in total. The van der Waals surface area contributed by atoms with Crippen molar-refractivity contribution in [2.75, 3.05) is 11.4 Å². The van der Waals surface area contributed by atoms with Crippen LogP contribution in [0, 0.1) is 12.8 Å². The average Bonchev–Trinajstić information content (AvgIpc) is 3.17. The number of carbonyl (C=O) groups excluding carboxylic acids is 2. The van der Waals surface area contributed by atoms with E-state index in [0.29, 0.717) is 13.0 Å². The van der Waals surface area contributed by atoms with Crippen LogP contribution < -0.4 is 10.2 Å². The van der Waals surface area contributed by atoms with Gasteiger partial charge in [0.15, 0.2) is 0 Å². The van der Waals surface area contributed by atoms with Crippen LogP contribution in [0.15, 0.2) is 84.9 Å². The second-order valence-corrected chi connectivity index (χ2v) is 7.90. The monoisotopic (exact) mass is 398 g/mol. The molecule has 0 bridgehead atoms. The van der Waals surface area contributed by atoms with Crippen LogP contribution in [-0.2, 0) is 16.0 Å². The van der Waals surface area contributed by atoms with Gasteiger partial charge >= 0.3 is 0 Å². The van der Waals surface area contributed by atoms with Gasteiger partial charge in [-0.05, 0) is 36.6 Å². The maximum Gasteiger partial charge on any atom is 0.227 e. The molecule has 1 fully saturated rings. The van der Waals surface area contributed by atoms with Gasteiger partial charge in [0.05, 0.1) is 12.0 Å². The Hall–Kier alpha value is -3.40. The lowest BCUT2D eigenvalue weighted by Gasteiger charge is -2.22. The quantitative estimate of drug-likeness (QED) is 0.667. The molecule has 4 rings (SSSR count). The number of aryl methyl sites for hydroxylation is 1. The summed E-state index contributed by atoms with van der Waals surface area (Å²) in [4.78, 5) is 27.4. The van der Waals surface area contributed by atoms with Crippen LogP contribution in [0.25, 0.3) is 0 Å². The van der Waals surface area contributed by atoms with Gasteiger partial charge in [0, 0.05) is 18.7 Å². The van der Waals surface area contributed by atoms with E-state index in [4.69, 9.17) is 0 Å². The first-order valence-electron chi connectivity index (χ1n) is 10.4. The normalized spacial score (nSPS) is 17.0. The predicted octanol–water partition coefficient (Wildman–Crippen LogP) is 4.45. The maximum atomic E-state index is 13.1. The second kappa shape index (κ2) is 8.95. The Morgan fingerprint density at radius 2 is 1.60 bits per heavy atom. The topological polar surface area (TPSA) is 49.4 Å². The highest BCUT2D eigenvalue weighted by molar-refractivity contribution is 6.00. The van der Waals surface area contributed by atoms with Crippen molar-refractivity contribution in [3.63, 3.8) is 0 Å². The molecule has 0 unspecified atom stereocenters. The first-order valence-corrected chi connectivity index (χ1v) is 10.4. The molecule has 0 radical (unpaired) electrons. The lowest BCUT2D eigenvalue weighted by Crippen LogP contribution is -2.36. The fourth-order valence-corrected chi connectivity index (χ4v) is 3.93. The SMILES string of the molecule is Cc1ccc(N2C[C@H](C(=O)N[C@@H](Cc3ccccc3)c3ccccc3)CC2=O)cc1. The second-order valence-electron chi connectivity index (χ2n) is 7.90. The van der Waals surface area contributed by atoms with Gasteiger partial charge in [-0.25, -0.2) is 0 Å². The third-order valence-corrected chi connectivity index (χ3v) is 5.64. The molecule has 1 heterocycles. The van der Waals surface area contributed by atoms with Gasteiger partial charge in [0.2, 0.25) is 11.8 Å². The smallest absolute Gasteiger partial charge is 0.227 e. The lowest BCUT2D eigenvalue weighted by molar-refractivity contribution is -0.127. The van der Waals surface area contributed by atoms with Crippen LogP contribution in [-0.4, -0.2) is 18.4 Å². The van der Waals surface area contributed by atoms with Gasteiger partial charge in [0.1, 0.15) is 0 Å². The zero-order valence-electron chi connectivity index (χ0n) is 17.1. The minimum atomic E-state index is -0.346. The molecule has 2 amide bonds. The Morgan fingerprint density at radius 1 is 0.967 bits per heavy atom. The fourth-order valence-electron chi connectivity index (χ4n) is 3.93. The molecule has 152 valence electrons. The first kappa shape index (κ1) is 19.9. The number of hydrogen-bond acceptors (Lipinski definition) is 2. The standard InChI is InChI=1S/C26H26N2O2/c1-19-12-14-23(15-13-19)28-18-22(17-25(28)29)26(30)27-24(21-10-6-3-7-11-21)16-20-8-4-2-5-9-20/h2-15,22,24H,16-18H2,1H3,(H,27,30)/t22-,24+/m1/s1. The highest BCUT2D eigenvalue weighted by Crippen LogP contribution is 2.27. The van der Waals surface area contributed by atoms with Crippen molar-refractivity contribution in [2.24, 2.45) is 5.92 Å². The summed E-state index contributed by atoms with van der Waals surface area (Å²) < 4.78 is 0. The van der Waals surface area contributed by atoms with Gasteiger partial charge < -0.3 is 10.2 Å². The number of hydrogen-bond donors (Lipinski definition) is 1. The van der Waals surface area contributed by atoms with Crippen LogP contribution in [0.2, 0.25) is 0 Å². The van der Waals surface area contributed by atoms with E-state index in [1.165, 1.54) is 0 Å². The van der Waals surface area contributed by atoms with Crippen LogP contribution in [0.3, 0.4) is 0 Å². The van der Waals surface area contributed by atoms with Crippen LogP contribution >= 0.6 is 0 Å². The van der Waals surface area contributed by atoms with Crippen molar-refractivity contribution in [3.8, 4) is 0 Å². The number of benzene rings is 3. The van der Waals surface area contributed by atoms with Crippen LogP contribution in [0.4, 0.5) is 5.69 Å². The molecule has 2 atom stereocenters. The highest BCUT2D eigenvalue weighted by atomic mass is 16.2. The number of nitrogens with zero attached hydrogens (tertiary/aromatic N) is 1. The number of nitrogens with one attached hydrogen (secondary N) is 1. The third kappa shape index (κ3) is 4.60. The zero-order chi connectivity index (χ0) is 20.9. The van der Waals surface area contributed by atoms with Gasteiger partial charge in [0.25, 0.3) is 0 Å². The Balaban J connectivity index is 1.48. The number of carbonyl (C=O) groups is 2. The number of rotatable bonds is 6. The van der Waals surface area contributed by atoms with E-state index in [1.807, 2.05) is 79.7 Å². The van der Waals surface area contributed by atoms with Crippen molar-refractivity contribution in [1.29, 1.82) is 0 Å². The Kier molecular flexibility index (Phi) is 5.94. The molecule has 30 heavy (non-hydrogen) atoms. The molecule has 1 saturated heterocycles. The van der Waals surface area contributed by atoms with Crippen molar-refractivity contribution in [3.05, 3.63) is 102 Å². The minimum absolute atomic E-state index is 0.00155. The van der Waals surface area contributed by atoms with Crippen molar-refractivity contribution >= 4 is 17.5 Å². The first-order chi connectivity index (χ1) is 14.6. The van der Waals surface area contributed by atoms with E-state index in [0.717, 1.165) is 22.4 Å². The van der Waals surface area contributed by atoms with E-state index in [1.54, 1.807) is 4.90 Å². The van der Waals surface area contributed by atoms with E-state index in [9.17, 15) is 9.59 Å². The summed E-state index contributed by atoms with van der Waals surface area (Å²) in [6.07, 6.45) is 0.950. The summed E-state index contributed by atoms with van der Waals surface area (Å²) in [5.74, 6) is -0.415. The molecule has 4 heteroatoms. The molecule has 4 nitrogen and oxygen atoms in total. The Morgan fingerprint density at radius 3 is 2.27 bits per heavy atom. The van der Waals surface area contributed by atoms with E-state index >= 15 is 0 Å². The summed E-state index contributed by atoms with van der Waals surface area (Å²) in [5, 5.41) is 3.21. The summed E-state index contributed by atoms with van der Waals surface area (Å²) in [6, 6.07) is 27.9. The summed E-state index contributed by atoms with van der Waals surface area (Å²) in [6.45, 7) is 2.43. The minimum Gasteiger partial charge on any atom is -0.349 e. The van der Waals surface area contributed by atoms with Crippen LogP contribution in [0.5, 0.6) is 0 Å². The molecule has 0 aliphatic carbocycles. The van der Waals surface area contributed by atoms with Gasteiger partial charge in [-0.2, -0.15) is 0 Å². The van der Waals surface area contributed by atoms with Gasteiger partial charge in [-0.1, -0.05) is 78.4 Å². The Labute approximate surface area is 177 Å². The van der Waals surface area contributed by atoms with Crippen molar-refractivity contribution < 1.29 is 9.59 Å². The molecular formula is C26H26N2O2. The molecular weight excluding hydrogens is 372 g/mol. The van der Waals surface area contributed by atoms with Crippen molar-refractivity contribution in [1.82, 2.24) is 5.32 Å². The third-order valence-electron chi connectivity index (χ3n) is 5.64. The average molecular weight is 399 g/mol. The number of anilines is 1. The van der Waals surface area contributed by atoms with E-state index < -0.39 is 0 Å². The Bertz CT molecular complexity index is 1000. The molecule has 3 aromatic rings. The summed E-state index contributed by atoms with van der Waals surface area (Å²) in [5.41, 5.74) is 4.22. The van der Waals surface area contributed by atoms with Crippen LogP contribution in [0.1, 0.15) is 29.2 Å². The molecule has 1 aliphatic heterocycles. The lowest BCUT2D eigenvalue weighted by atomic mass is 9.97. The number of amides is 2. The van der Waals surface area contributed by atoms with Gasteiger partial charge in [-0.15, -0.1) is 0 Å². The molecule has 0 saturated carbocycles. The largest absolute Gasteiger partial charge is 0.349 e. The fraction of sp³-hybridized carbons (Fsp3) is 0.231. The molecule has 0 spiro atoms. The molecule has 0 aromatic heterocycles. The summed E-state index contributed by atoms with van der Waals surface area (Å²) in [7, 11) is 0. The molecule has 1 aliphatic rings. The van der Waals surface area contributed by atoms with E-state index in [-0.39, 0.29) is 30.2 Å². The van der Waals surface area contributed by atoms with E-state index in [2.05, 4.69) is 17.4 Å². The maximum absolute atomic E-state index is 13.1. The molecule has 3 aromatic carbocycles. The summed E-state index contributed by atoms with van der Waals surface area (Å²) >= 11 is 0. The predicted molar refractivity (Wildman–Crippen MR) is 119 cm³/mol.